The molecule has 0 bridgehead atoms. The number of hydrogen-bond donors (Lipinski definition) is 1. The van der Waals surface area contributed by atoms with Gasteiger partial charge in [0, 0.05) is 15.9 Å². The Hall–Kier alpha value is -0.800. The molecule has 1 aromatic heterocycles. The zero-order chi connectivity index (χ0) is 10.8. The lowest BCUT2D eigenvalue weighted by molar-refractivity contribution is 0.583. The van der Waals surface area contributed by atoms with E-state index < -0.39 is 0 Å². The van der Waals surface area contributed by atoms with E-state index in [-0.39, 0.29) is 0 Å². The Morgan fingerprint density at radius 2 is 2.27 bits per heavy atom. The van der Waals surface area contributed by atoms with Gasteiger partial charge < -0.3 is 9.73 Å². The average molecular weight is 268 g/mol. The van der Waals surface area contributed by atoms with Crippen LogP contribution in [0.3, 0.4) is 0 Å². The van der Waals surface area contributed by atoms with Crippen molar-refractivity contribution in [3.05, 3.63) is 34.5 Å². The third kappa shape index (κ3) is 2.24. The van der Waals surface area contributed by atoms with Gasteiger partial charge >= 0.3 is 0 Å². The molecule has 1 N–H and O–H groups in total. The van der Waals surface area contributed by atoms with Crippen molar-refractivity contribution in [1.29, 1.82) is 0 Å². The molecule has 1 heterocycles. The average Bonchev–Trinajstić information content (AvgIpc) is 2.61. The van der Waals surface area contributed by atoms with Crippen LogP contribution in [0.1, 0.15) is 12.5 Å². The Morgan fingerprint density at radius 3 is 3.00 bits per heavy atom. The number of halogens is 1. The van der Waals surface area contributed by atoms with E-state index in [1.165, 1.54) is 10.9 Å². The van der Waals surface area contributed by atoms with Gasteiger partial charge in [0.25, 0.3) is 0 Å². The standard InChI is InChI=1S/C12H14BrNO/c1-8(14-2)5-9-7-15-12-4-3-10(13)6-11(9)12/h3-4,6-8,14H,5H2,1-2H3. The minimum Gasteiger partial charge on any atom is -0.464 e. The summed E-state index contributed by atoms with van der Waals surface area (Å²) >= 11 is 3.48. The summed E-state index contributed by atoms with van der Waals surface area (Å²) in [6.45, 7) is 2.16. The Balaban J connectivity index is 2.39. The molecule has 0 saturated carbocycles. The SMILES string of the molecule is CNC(C)Cc1coc2ccc(Br)cc12. The highest BCUT2D eigenvalue weighted by molar-refractivity contribution is 9.10. The van der Waals surface area contributed by atoms with Crippen molar-refractivity contribution in [2.24, 2.45) is 0 Å². The molecule has 1 atom stereocenters. The van der Waals surface area contributed by atoms with Crippen LogP contribution in [-0.4, -0.2) is 13.1 Å². The molecule has 2 aromatic rings. The molecule has 0 aliphatic rings. The van der Waals surface area contributed by atoms with Gasteiger partial charge in [-0.2, -0.15) is 0 Å². The van der Waals surface area contributed by atoms with Gasteiger partial charge in [0.1, 0.15) is 5.58 Å². The third-order valence-electron chi connectivity index (χ3n) is 2.63. The first kappa shape index (κ1) is 10.7. The predicted molar refractivity (Wildman–Crippen MR) is 66.1 cm³/mol. The number of benzene rings is 1. The van der Waals surface area contributed by atoms with E-state index >= 15 is 0 Å². The minimum absolute atomic E-state index is 0.463. The molecule has 0 spiro atoms. The molecular weight excluding hydrogens is 254 g/mol. The Labute approximate surface area is 97.8 Å². The first-order valence-electron chi connectivity index (χ1n) is 5.03. The molecule has 0 fully saturated rings. The van der Waals surface area contributed by atoms with Crippen LogP contribution < -0.4 is 5.32 Å². The molecule has 3 heteroatoms. The Kier molecular flexibility index (Phi) is 3.12. The monoisotopic (exact) mass is 267 g/mol. The van der Waals surface area contributed by atoms with Crippen molar-refractivity contribution >= 4 is 26.9 Å². The van der Waals surface area contributed by atoms with E-state index in [1.807, 2.05) is 25.4 Å². The molecular formula is C12H14BrNO. The molecule has 0 radical (unpaired) electrons. The second-order valence-electron chi connectivity index (χ2n) is 3.80. The van der Waals surface area contributed by atoms with Crippen LogP contribution in [0.5, 0.6) is 0 Å². The van der Waals surface area contributed by atoms with Gasteiger partial charge in [0.2, 0.25) is 0 Å². The second kappa shape index (κ2) is 4.37. The smallest absolute Gasteiger partial charge is 0.134 e. The molecule has 1 unspecified atom stereocenters. The van der Waals surface area contributed by atoms with Gasteiger partial charge in [0.05, 0.1) is 6.26 Å². The van der Waals surface area contributed by atoms with Crippen molar-refractivity contribution in [2.75, 3.05) is 7.05 Å². The lowest BCUT2D eigenvalue weighted by Gasteiger charge is -2.07. The zero-order valence-corrected chi connectivity index (χ0v) is 10.5. The van der Waals surface area contributed by atoms with Crippen LogP contribution in [-0.2, 0) is 6.42 Å². The fourth-order valence-electron chi connectivity index (χ4n) is 1.64. The summed E-state index contributed by atoms with van der Waals surface area (Å²) in [5, 5.41) is 4.43. The summed E-state index contributed by atoms with van der Waals surface area (Å²) in [4.78, 5) is 0. The fraction of sp³-hybridized carbons (Fsp3) is 0.333. The van der Waals surface area contributed by atoms with Crippen LogP contribution in [0.25, 0.3) is 11.0 Å². The van der Waals surface area contributed by atoms with E-state index in [0.29, 0.717) is 6.04 Å². The minimum atomic E-state index is 0.463. The van der Waals surface area contributed by atoms with E-state index in [0.717, 1.165) is 16.5 Å². The van der Waals surface area contributed by atoms with Crippen molar-refractivity contribution in [3.8, 4) is 0 Å². The maximum absolute atomic E-state index is 5.50. The van der Waals surface area contributed by atoms with E-state index in [4.69, 9.17) is 4.42 Å². The van der Waals surface area contributed by atoms with E-state index in [2.05, 4.69) is 34.2 Å². The van der Waals surface area contributed by atoms with Crippen molar-refractivity contribution in [2.45, 2.75) is 19.4 Å². The van der Waals surface area contributed by atoms with E-state index in [9.17, 15) is 0 Å². The van der Waals surface area contributed by atoms with Crippen LogP contribution in [0, 0.1) is 0 Å². The summed E-state index contributed by atoms with van der Waals surface area (Å²) in [6, 6.07) is 6.56. The summed E-state index contributed by atoms with van der Waals surface area (Å²) in [7, 11) is 1.98. The molecule has 0 aliphatic carbocycles. The largest absolute Gasteiger partial charge is 0.464 e. The molecule has 15 heavy (non-hydrogen) atoms. The molecule has 80 valence electrons. The summed E-state index contributed by atoms with van der Waals surface area (Å²) in [5.74, 6) is 0. The number of nitrogens with one attached hydrogen (secondary N) is 1. The Morgan fingerprint density at radius 1 is 1.47 bits per heavy atom. The maximum atomic E-state index is 5.50. The van der Waals surface area contributed by atoms with Gasteiger partial charge in [-0.15, -0.1) is 0 Å². The molecule has 1 aromatic carbocycles. The second-order valence-corrected chi connectivity index (χ2v) is 4.71. The Bertz CT molecular complexity index is 464. The van der Waals surface area contributed by atoms with Gasteiger partial charge in [-0.25, -0.2) is 0 Å². The van der Waals surface area contributed by atoms with Crippen molar-refractivity contribution in [3.63, 3.8) is 0 Å². The molecule has 0 amide bonds. The van der Waals surface area contributed by atoms with Crippen LogP contribution in [0.4, 0.5) is 0 Å². The zero-order valence-electron chi connectivity index (χ0n) is 8.88. The highest BCUT2D eigenvalue weighted by Gasteiger charge is 2.08. The summed E-state index contributed by atoms with van der Waals surface area (Å²) in [6.07, 6.45) is 2.84. The highest BCUT2D eigenvalue weighted by atomic mass is 79.9. The summed E-state index contributed by atoms with van der Waals surface area (Å²) < 4.78 is 6.59. The third-order valence-corrected chi connectivity index (χ3v) is 3.13. The lowest BCUT2D eigenvalue weighted by atomic mass is 10.1. The predicted octanol–water partition coefficient (Wildman–Crippen LogP) is 3.35. The van der Waals surface area contributed by atoms with Crippen molar-refractivity contribution in [1.82, 2.24) is 5.32 Å². The van der Waals surface area contributed by atoms with Gasteiger partial charge in [0.15, 0.2) is 0 Å². The number of rotatable bonds is 3. The van der Waals surface area contributed by atoms with Gasteiger partial charge in [-0.3, -0.25) is 0 Å². The van der Waals surface area contributed by atoms with Crippen LogP contribution in [0.15, 0.2) is 33.4 Å². The maximum Gasteiger partial charge on any atom is 0.134 e. The van der Waals surface area contributed by atoms with Crippen LogP contribution >= 0.6 is 15.9 Å². The normalized spacial score (nSPS) is 13.3. The van der Waals surface area contributed by atoms with E-state index in [1.54, 1.807) is 0 Å². The molecule has 2 nitrogen and oxygen atoms in total. The number of likely N-dealkylation sites (N-methyl/N-ethyl adjacent to an activating group) is 1. The molecule has 0 aliphatic heterocycles. The van der Waals surface area contributed by atoms with Crippen molar-refractivity contribution < 1.29 is 4.42 Å². The number of hydrogen-bond acceptors (Lipinski definition) is 2. The highest BCUT2D eigenvalue weighted by Crippen LogP contribution is 2.25. The van der Waals surface area contributed by atoms with Gasteiger partial charge in [-0.1, -0.05) is 15.9 Å². The molecule has 2 rings (SSSR count). The first-order valence-corrected chi connectivity index (χ1v) is 5.83. The van der Waals surface area contributed by atoms with Crippen LogP contribution in [0.2, 0.25) is 0 Å². The molecule has 0 saturated heterocycles. The first-order chi connectivity index (χ1) is 7.20. The summed E-state index contributed by atoms with van der Waals surface area (Å²) in [5.41, 5.74) is 2.21. The number of fused-ring (bicyclic) bond motifs is 1. The van der Waals surface area contributed by atoms with Gasteiger partial charge in [-0.05, 0) is 44.2 Å². The lowest BCUT2D eigenvalue weighted by Crippen LogP contribution is -2.23. The quantitative estimate of drug-likeness (QED) is 0.923. The topological polar surface area (TPSA) is 25.2 Å². The number of furan rings is 1. The fourth-order valence-corrected chi connectivity index (χ4v) is 2.01.